The summed E-state index contributed by atoms with van der Waals surface area (Å²) in [5.41, 5.74) is 0.167. The summed E-state index contributed by atoms with van der Waals surface area (Å²) in [4.78, 5) is 10.9. The highest BCUT2D eigenvalue weighted by molar-refractivity contribution is 6.40. The first kappa shape index (κ1) is 11.6. The minimum atomic E-state index is -0.566. The molecular weight excluding hydrogens is 251 g/mol. The lowest BCUT2D eigenvalue weighted by molar-refractivity contribution is -0.113. The van der Waals surface area contributed by atoms with Gasteiger partial charge in [0.25, 0.3) is 0 Å². The summed E-state index contributed by atoms with van der Waals surface area (Å²) in [6.07, 6.45) is 0. The Morgan fingerprint density at radius 3 is 2.29 bits per heavy atom. The van der Waals surface area contributed by atoms with Crippen molar-refractivity contribution < 1.29 is 9.18 Å². The highest BCUT2D eigenvalue weighted by atomic mass is 35.5. The molecule has 1 amide bonds. The summed E-state index contributed by atoms with van der Waals surface area (Å²) in [6.45, 7) is 0. The van der Waals surface area contributed by atoms with Crippen LogP contribution in [0.1, 0.15) is 0 Å². The third-order valence-corrected chi connectivity index (χ3v) is 2.23. The van der Waals surface area contributed by atoms with E-state index in [0.29, 0.717) is 0 Å². The quantitative estimate of drug-likeness (QED) is 0.808. The van der Waals surface area contributed by atoms with Gasteiger partial charge in [-0.1, -0.05) is 23.2 Å². The molecule has 0 bridgehead atoms. The summed E-state index contributed by atoms with van der Waals surface area (Å²) in [5.74, 6) is -1.24. The zero-order chi connectivity index (χ0) is 10.7. The van der Waals surface area contributed by atoms with Crippen molar-refractivity contribution in [3.8, 4) is 0 Å². The Morgan fingerprint density at radius 1 is 1.36 bits per heavy atom. The molecule has 2 nitrogen and oxygen atoms in total. The van der Waals surface area contributed by atoms with E-state index >= 15 is 0 Å². The van der Waals surface area contributed by atoms with Gasteiger partial charge in [-0.2, -0.15) is 0 Å². The van der Waals surface area contributed by atoms with Crippen molar-refractivity contribution in [3.05, 3.63) is 28.0 Å². The van der Waals surface area contributed by atoms with E-state index in [2.05, 4.69) is 5.32 Å². The Kier molecular flexibility index (Phi) is 3.98. The maximum absolute atomic E-state index is 12.7. The van der Waals surface area contributed by atoms with Crippen LogP contribution in [-0.4, -0.2) is 11.8 Å². The Morgan fingerprint density at radius 2 is 1.86 bits per heavy atom. The number of hydrogen-bond acceptors (Lipinski definition) is 1. The Hall–Kier alpha value is -0.510. The summed E-state index contributed by atoms with van der Waals surface area (Å²) < 4.78 is 12.7. The smallest absolute Gasteiger partial charge is 0.239 e. The number of benzene rings is 1. The van der Waals surface area contributed by atoms with Crippen molar-refractivity contribution >= 4 is 46.4 Å². The van der Waals surface area contributed by atoms with Gasteiger partial charge in [0.05, 0.1) is 15.7 Å². The fourth-order valence-electron chi connectivity index (χ4n) is 0.834. The molecule has 0 unspecified atom stereocenters. The van der Waals surface area contributed by atoms with Crippen LogP contribution in [0.3, 0.4) is 0 Å². The van der Waals surface area contributed by atoms with Crippen LogP contribution in [0.5, 0.6) is 0 Å². The van der Waals surface area contributed by atoms with Crippen LogP contribution in [0, 0.1) is 5.82 Å². The van der Waals surface area contributed by atoms with E-state index in [9.17, 15) is 9.18 Å². The number of anilines is 1. The molecule has 0 radical (unpaired) electrons. The van der Waals surface area contributed by atoms with Crippen LogP contribution in [0.25, 0.3) is 0 Å². The topological polar surface area (TPSA) is 29.1 Å². The second-order valence-corrected chi connectivity index (χ2v) is 3.51. The molecule has 14 heavy (non-hydrogen) atoms. The van der Waals surface area contributed by atoms with Crippen molar-refractivity contribution in [2.75, 3.05) is 11.2 Å². The van der Waals surface area contributed by atoms with E-state index in [1.165, 1.54) is 0 Å². The van der Waals surface area contributed by atoms with Gasteiger partial charge in [0, 0.05) is 0 Å². The number of halogens is 4. The van der Waals surface area contributed by atoms with Crippen molar-refractivity contribution in [2.24, 2.45) is 0 Å². The normalized spacial score (nSPS) is 10.0. The number of carbonyl (C=O) groups is 1. The van der Waals surface area contributed by atoms with Crippen molar-refractivity contribution in [1.29, 1.82) is 0 Å². The highest BCUT2D eigenvalue weighted by Gasteiger charge is 2.10. The van der Waals surface area contributed by atoms with Crippen LogP contribution in [0.15, 0.2) is 12.1 Å². The Balaban J connectivity index is 3.02. The van der Waals surface area contributed by atoms with Gasteiger partial charge in [-0.3, -0.25) is 4.79 Å². The molecule has 0 aliphatic heterocycles. The Bertz CT molecular complexity index is 347. The first-order valence-electron chi connectivity index (χ1n) is 3.55. The average Bonchev–Trinajstić information content (AvgIpc) is 2.10. The van der Waals surface area contributed by atoms with Crippen molar-refractivity contribution in [1.82, 2.24) is 0 Å². The monoisotopic (exact) mass is 255 g/mol. The molecule has 0 heterocycles. The van der Waals surface area contributed by atoms with Gasteiger partial charge in [-0.05, 0) is 12.1 Å². The summed E-state index contributed by atoms with van der Waals surface area (Å²) in [5, 5.41) is 2.43. The van der Waals surface area contributed by atoms with Crippen LogP contribution in [0.2, 0.25) is 10.0 Å². The summed E-state index contributed by atoms with van der Waals surface area (Å²) >= 11 is 16.6. The molecule has 0 aliphatic carbocycles. The maximum Gasteiger partial charge on any atom is 0.239 e. The molecule has 0 saturated heterocycles. The third-order valence-electron chi connectivity index (χ3n) is 1.39. The van der Waals surface area contributed by atoms with Crippen molar-refractivity contribution in [3.63, 3.8) is 0 Å². The van der Waals surface area contributed by atoms with Crippen molar-refractivity contribution in [2.45, 2.75) is 0 Å². The number of carbonyl (C=O) groups excluding carboxylic acids is 1. The molecule has 0 saturated carbocycles. The molecule has 1 rings (SSSR count). The third kappa shape index (κ3) is 2.74. The molecule has 0 aliphatic rings. The number of amides is 1. The minimum absolute atomic E-state index is 0.0356. The lowest BCUT2D eigenvalue weighted by atomic mass is 10.3. The van der Waals surface area contributed by atoms with Crippen LogP contribution < -0.4 is 5.32 Å². The zero-order valence-electron chi connectivity index (χ0n) is 6.78. The number of hydrogen-bond donors (Lipinski definition) is 1. The first-order valence-corrected chi connectivity index (χ1v) is 4.84. The number of nitrogens with one attached hydrogen (secondary N) is 1. The van der Waals surface area contributed by atoms with Crippen LogP contribution in [0.4, 0.5) is 10.1 Å². The van der Waals surface area contributed by atoms with Crippen LogP contribution in [-0.2, 0) is 4.79 Å². The molecule has 1 N–H and O–H groups in total. The SMILES string of the molecule is O=C(CCl)Nc1c(Cl)cc(F)cc1Cl. The van der Waals surface area contributed by atoms with Crippen LogP contribution >= 0.6 is 34.8 Å². The van der Waals surface area contributed by atoms with Gasteiger partial charge in [-0.15, -0.1) is 11.6 Å². The van der Waals surface area contributed by atoms with Gasteiger partial charge in [0.2, 0.25) is 5.91 Å². The molecule has 76 valence electrons. The van der Waals surface area contributed by atoms with E-state index in [1.54, 1.807) is 0 Å². The second-order valence-electron chi connectivity index (χ2n) is 2.43. The fourth-order valence-corrected chi connectivity index (χ4v) is 1.46. The van der Waals surface area contributed by atoms with Gasteiger partial charge >= 0.3 is 0 Å². The molecule has 0 spiro atoms. The predicted molar refractivity (Wildman–Crippen MR) is 55.8 cm³/mol. The van der Waals surface area contributed by atoms with Gasteiger partial charge in [0.15, 0.2) is 0 Å². The second kappa shape index (κ2) is 4.82. The van der Waals surface area contributed by atoms with E-state index in [-0.39, 0.29) is 21.6 Å². The molecule has 1 aromatic rings. The van der Waals surface area contributed by atoms with E-state index in [4.69, 9.17) is 34.8 Å². The lowest BCUT2D eigenvalue weighted by Crippen LogP contribution is -2.13. The first-order chi connectivity index (χ1) is 6.54. The molecule has 1 aromatic carbocycles. The van der Waals surface area contributed by atoms with Gasteiger partial charge < -0.3 is 5.32 Å². The molecule has 6 heteroatoms. The largest absolute Gasteiger partial charge is 0.322 e. The van der Waals surface area contributed by atoms with E-state index in [0.717, 1.165) is 12.1 Å². The van der Waals surface area contributed by atoms with Gasteiger partial charge in [0.1, 0.15) is 11.7 Å². The Labute approximate surface area is 94.9 Å². The number of rotatable bonds is 2. The summed E-state index contributed by atoms with van der Waals surface area (Å²) in [6, 6.07) is 2.11. The fraction of sp³-hybridized carbons (Fsp3) is 0.125. The molecule has 0 atom stereocenters. The molecule has 0 aromatic heterocycles. The molecular formula is C8H5Cl3FNO. The van der Waals surface area contributed by atoms with Gasteiger partial charge in [-0.25, -0.2) is 4.39 Å². The van der Waals surface area contributed by atoms with E-state index in [1.807, 2.05) is 0 Å². The maximum atomic E-state index is 12.7. The molecule has 0 fully saturated rings. The minimum Gasteiger partial charge on any atom is -0.322 e. The highest BCUT2D eigenvalue weighted by Crippen LogP contribution is 2.31. The zero-order valence-corrected chi connectivity index (χ0v) is 9.05. The van der Waals surface area contributed by atoms with E-state index < -0.39 is 11.7 Å². The lowest BCUT2D eigenvalue weighted by Gasteiger charge is -2.07. The standard InChI is InChI=1S/C8H5Cl3FNO/c9-3-7(14)13-8-5(10)1-4(12)2-6(8)11/h1-2H,3H2,(H,13,14). The number of alkyl halides is 1. The average molecular weight is 256 g/mol. The summed E-state index contributed by atoms with van der Waals surface area (Å²) in [7, 11) is 0. The predicted octanol–water partition coefficient (Wildman–Crippen LogP) is 3.31.